The van der Waals surface area contributed by atoms with Gasteiger partial charge in [0.2, 0.25) is 5.95 Å². The minimum Gasteiger partial charge on any atom is -0.369 e. The van der Waals surface area contributed by atoms with Crippen molar-refractivity contribution in [2.24, 2.45) is 0 Å². The second-order valence-corrected chi connectivity index (χ2v) is 9.51. The third-order valence-electron chi connectivity index (χ3n) is 5.64. The predicted molar refractivity (Wildman–Crippen MR) is 147 cm³/mol. The van der Waals surface area contributed by atoms with Crippen LogP contribution in [0.2, 0.25) is 0 Å². The Hall–Kier alpha value is -3.79. The molecule has 9 nitrogen and oxygen atoms in total. The van der Waals surface area contributed by atoms with Gasteiger partial charge in [-0.2, -0.15) is 11.8 Å². The van der Waals surface area contributed by atoms with Gasteiger partial charge in [-0.05, 0) is 31.7 Å². The van der Waals surface area contributed by atoms with Gasteiger partial charge in [0.05, 0.1) is 16.8 Å². The molecule has 3 heterocycles. The molecule has 10 heteroatoms. The molecule has 4 aromatic rings. The molecule has 0 bridgehead atoms. The molecule has 0 saturated carbocycles. The second-order valence-electron chi connectivity index (χ2n) is 8.60. The van der Waals surface area contributed by atoms with Gasteiger partial charge in [-0.3, -0.25) is 9.78 Å². The standard InChI is InChI=1S/C26H30N8OS/c1-16(2)34-26-30-11-17(12-31-26)22-10-23(33-15-32-22)29-13-18(14-36-4)19-6-5-7-20-21(25(35)27-3)8-9-28-24(19)20/h5-12,15-16,18H,13-14H2,1-4H3,(H,27,35)(H,29,32,33)(H,30,31,34). The van der Waals surface area contributed by atoms with Crippen molar-refractivity contribution >= 4 is 40.3 Å². The quantitative estimate of drug-likeness (QED) is 0.293. The summed E-state index contributed by atoms with van der Waals surface area (Å²) in [5.74, 6) is 2.22. The summed E-state index contributed by atoms with van der Waals surface area (Å²) in [6.07, 6.45) is 8.83. The van der Waals surface area contributed by atoms with Crippen molar-refractivity contribution in [3.8, 4) is 11.3 Å². The highest BCUT2D eigenvalue weighted by Crippen LogP contribution is 2.29. The van der Waals surface area contributed by atoms with E-state index in [9.17, 15) is 4.79 Å². The van der Waals surface area contributed by atoms with Crippen LogP contribution in [0.1, 0.15) is 35.7 Å². The number of pyridine rings is 1. The largest absolute Gasteiger partial charge is 0.369 e. The number of fused-ring (bicyclic) bond motifs is 1. The molecule has 1 amide bonds. The SMILES string of the molecule is CNC(=O)c1ccnc2c(C(CNc3cc(-c4cnc(NC(C)C)nc4)ncn3)CSC)cccc12. The van der Waals surface area contributed by atoms with E-state index in [4.69, 9.17) is 0 Å². The molecule has 0 saturated heterocycles. The van der Waals surface area contributed by atoms with Gasteiger partial charge in [0.15, 0.2) is 0 Å². The van der Waals surface area contributed by atoms with Crippen molar-refractivity contribution in [2.75, 3.05) is 36.2 Å². The molecule has 0 aliphatic rings. The summed E-state index contributed by atoms with van der Waals surface area (Å²) < 4.78 is 0. The number of amides is 1. The summed E-state index contributed by atoms with van der Waals surface area (Å²) in [6, 6.07) is 9.92. The van der Waals surface area contributed by atoms with Gasteiger partial charge in [-0.25, -0.2) is 19.9 Å². The van der Waals surface area contributed by atoms with Gasteiger partial charge in [0.25, 0.3) is 5.91 Å². The van der Waals surface area contributed by atoms with Gasteiger partial charge in [0.1, 0.15) is 12.1 Å². The summed E-state index contributed by atoms with van der Waals surface area (Å²) in [4.78, 5) is 34.6. The summed E-state index contributed by atoms with van der Waals surface area (Å²) >= 11 is 1.77. The van der Waals surface area contributed by atoms with Crippen molar-refractivity contribution in [1.82, 2.24) is 30.2 Å². The second kappa shape index (κ2) is 11.8. The fourth-order valence-electron chi connectivity index (χ4n) is 3.95. The molecule has 1 aromatic carbocycles. The fraction of sp³-hybridized carbons (Fsp3) is 0.308. The average molecular weight is 503 g/mol. The predicted octanol–water partition coefficient (Wildman–Crippen LogP) is 4.22. The maximum absolute atomic E-state index is 12.4. The molecule has 186 valence electrons. The van der Waals surface area contributed by atoms with Gasteiger partial charge >= 0.3 is 0 Å². The lowest BCUT2D eigenvalue weighted by Crippen LogP contribution is -2.19. The summed E-state index contributed by atoms with van der Waals surface area (Å²) in [5.41, 5.74) is 4.12. The minimum atomic E-state index is -0.121. The van der Waals surface area contributed by atoms with Crippen molar-refractivity contribution in [3.63, 3.8) is 0 Å². The number of rotatable bonds is 10. The number of para-hydroxylation sites is 1. The summed E-state index contributed by atoms with van der Waals surface area (Å²) in [6.45, 7) is 4.73. The first-order chi connectivity index (χ1) is 17.5. The number of aromatic nitrogens is 5. The minimum absolute atomic E-state index is 0.121. The first-order valence-electron chi connectivity index (χ1n) is 11.7. The number of hydrogen-bond acceptors (Lipinski definition) is 9. The van der Waals surface area contributed by atoms with E-state index >= 15 is 0 Å². The highest BCUT2D eigenvalue weighted by Gasteiger charge is 2.18. The Balaban J connectivity index is 1.56. The molecule has 0 fully saturated rings. The van der Waals surface area contributed by atoms with E-state index in [2.05, 4.69) is 53.2 Å². The lowest BCUT2D eigenvalue weighted by molar-refractivity contribution is 0.0964. The average Bonchev–Trinajstić information content (AvgIpc) is 2.90. The number of thioether (sulfide) groups is 1. The molecule has 0 spiro atoms. The monoisotopic (exact) mass is 502 g/mol. The van der Waals surface area contributed by atoms with Crippen LogP contribution >= 0.6 is 11.8 Å². The van der Waals surface area contributed by atoms with Crippen LogP contribution in [0.4, 0.5) is 11.8 Å². The molecule has 0 radical (unpaired) electrons. The maximum atomic E-state index is 12.4. The molecule has 1 atom stereocenters. The first kappa shape index (κ1) is 25.3. The molecular formula is C26H30N8OS. The van der Waals surface area contributed by atoms with E-state index in [0.717, 1.165) is 39.3 Å². The van der Waals surface area contributed by atoms with Crippen LogP contribution in [0.5, 0.6) is 0 Å². The van der Waals surface area contributed by atoms with E-state index in [1.807, 2.05) is 32.0 Å². The Bertz CT molecular complexity index is 1330. The highest BCUT2D eigenvalue weighted by atomic mass is 32.2. The molecule has 3 N–H and O–H groups in total. The number of nitrogens with zero attached hydrogens (tertiary/aromatic N) is 5. The summed E-state index contributed by atoms with van der Waals surface area (Å²) in [7, 11) is 1.64. The van der Waals surface area contributed by atoms with E-state index in [-0.39, 0.29) is 17.9 Å². The van der Waals surface area contributed by atoms with Gasteiger partial charge in [-0.1, -0.05) is 18.2 Å². The number of nitrogens with one attached hydrogen (secondary N) is 3. The Morgan fingerprint density at radius 2 is 1.86 bits per heavy atom. The van der Waals surface area contributed by atoms with Crippen LogP contribution in [0.3, 0.4) is 0 Å². The molecule has 36 heavy (non-hydrogen) atoms. The van der Waals surface area contributed by atoms with Crippen molar-refractivity contribution in [3.05, 3.63) is 66.4 Å². The summed E-state index contributed by atoms with van der Waals surface area (Å²) in [5, 5.41) is 10.2. The van der Waals surface area contributed by atoms with Crippen LogP contribution in [0.25, 0.3) is 22.2 Å². The van der Waals surface area contributed by atoms with E-state index in [1.54, 1.807) is 43.5 Å². The van der Waals surface area contributed by atoms with Crippen LogP contribution in [0.15, 0.2) is 55.2 Å². The highest BCUT2D eigenvalue weighted by molar-refractivity contribution is 7.98. The van der Waals surface area contributed by atoms with Crippen molar-refractivity contribution in [2.45, 2.75) is 25.8 Å². The zero-order chi connectivity index (χ0) is 25.5. The number of carbonyl (C=O) groups is 1. The lowest BCUT2D eigenvalue weighted by Gasteiger charge is -2.19. The molecule has 0 aliphatic heterocycles. The van der Waals surface area contributed by atoms with E-state index < -0.39 is 0 Å². The normalized spacial score (nSPS) is 11.9. The number of carbonyl (C=O) groups excluding carboxylic acids is 1. The van der Waals surface area contributed by atoms with Crippen molar-refractivity contribution in [1.29, 1.82) is 0 Å². The van der Waals surface area contributed by atoms with Crippen LogP contribution in [0, 0.1) is 0 Å². The van der Waals surface area contributed by atoms with Gasteiger partial charge in [0, 0.05) is 66.9 Å². The number of benzene rings is 1. The zero-order valence-electron chi connectivity index (χ0n) is 20.8. The third-order valence-corrected chi connectivity index (χ3v) is 6.38. The van der Waals surface area contributed by atoms with E-state index in [0.29, 0.717) is 18.1 Å². The molecule has 3 aromatic heterocycles. The van der Waals surface area contributed by atoms with Crippen LogP contribution in [-0.4, -0.2) is 62.5 Å². The Labute approximate surface area is 215 Å². The molecule has 4 rings (SSSR count). The topological polar surface area (TPSA) is 118 Å². The third kappa shape index (κ3) is 5.88. The molecule has 0 aliphatic carbocycles. The van der Waals surface area contributed by atoms with Gasteiger partial charge in [-0.15, -0.1) is 0 Å². The number of anilines is 2. The molecule has 1 unspecified atom stereocenters. The molecular weight excluding hydrogens is 472 g/mol. The van der Waals surface area contributed by atoms with Crippen LogP contribution < -0.4 is 16.0 Å². The van der Waals surface area contributed by atoms with Crippen molar-refractivity contribution < 1.29 is 4.79 Å². The Morgan fingerprint density at radius 3 is 2.58 bits per heavy atom. The zero-order valence-corrected chi connectivity index (χ0v) is 21.6. The fourth-order valence-corrected chi connectivity index (χ4v) is 4.65. The van der Waals surface area contributed by atoms with Gasteiger partial charge < -0.3 is 16.0 Å². The van der Waals surface area contributed by atoms with Crippen LogP contribution in [-0.2, 0) is 0 Å². The Kier molecular flexibility index (Phi) is 8.27. The maximum Gasteiger partial charge on any atom is 0.251 e. The Morgan fingerprint density at radius 1 is 1.06 bits per heavy atom. The lowest BCUT2D eigenvalue weighted by atomic mass is 9.95. The van der Waals surface area contributed by atoms with E-state index in [1.165, 1.54) is 6.33 Å². The first-order valence-corrected chi connectivity index (χ1v) is 13.1. The number of hydrogen-bond donors (Lipinski definition) is 3. The smallest absolute Gasteiger partial charge is 0.251 e.